The summed E-state index contributed by atoms with van der Waals surface area (Å²) in [7, 11) is 0. The van der Waals surface area contributed by atoms with Gasteiger partial charge in [-0.15, -0.1) is 23.7 Å². The Kier molecular flexibility index (Phi) is 5.38. The van der Waals surface area contributed by atoms with Crippen LogP contribution in [-0.4, -0.2) is 23.4 Å². The van der Waals surface area contributed by atoms with E-state index in [9.17, 15) is 4.79 Å². The molecular formula is C14H16Cl2N2OS. The Morgan fingerprint density at radius 2 is 2.30 bits per heavy atom. The number of hydrogen-bond acceptors (Lipinski definition) is 4. The standard InChI is InChI=1S/C14H15ClN2OS.ClH/c15-9-4-5-13-11(7-9)17-14(19-13)8-12(18)10-3-1-2-6-16-10;/h4-5,7,10,16H,1-3,6,8H2;1H/t10-;/m0./s1. The summed E-state index contributed by atoms with van der Waals surface area (Å²) >= 11 is 7.52. The van der Waals surface area contributed by atoms with Crippen molar-refractivity contribution in [1.29, 1.82) is 0 Å². The van der Waals surface area contributed by atoms with Gasteiger partial charge in [-0.3, -0.25) is 4.79 Å². The molecule has 0 saturated carbocycles. The van der Waals surface area contributed by atoms with Crippen LogP contribution in [0.4, 0.5) is 0 Å². The van der Waals surface area contributed by atoms with Gasteiger partial charge in [-0.05, 0) is 37.6 Å². The van der Waals surface area contributed by atoms with Gasteiger partial charge in [-0.25, -0.2) is 4.98 Å². The number of fused-ring (bicyclic) bond motifs is 1. The average Bonchev–Trinajstić information content (AvgIpc) is 2.81. The highest BCUT2D eigenvalue weighted by atomic mass is 35.5. The molecule has 2 heterocycles. The molecule has 1 aromatic carbocycles. The summed E-state index contributed by atoms with van der Waals surface area (Å²) < 4.78 is 1.09. The summed E-state index contributed by atoms with van der Waals surface area (Å²) in [5.74, 6) is 0.254. The fraction of sp³-hybridized carbons (Fsp3) is 0.429. The van der Waals surface area contributed by atoms with Gasteiger partial charge in [0.2, 0.25) is 0 Å². The lowest BCUT2D eigenvalue weighted by molar-refractivity contribution is -0.120. The molecule has 1 atom stereocenters. The second kappa shape index (κ2) is 6.85. The van der Waals surface area contributed by atoms with E-state index >= 15 is 0 Å². The number of thiazole rings is 1. The molecule has 2 aromatic rings. The first-order chi connectivity index (χ1) is 9.22. The minimum Gasteiger partial charge on any atom is -0.307 e. The first kappa shape index (κ1) is 15.7. The van der Waals surface area contributed by atoms with Crippen molar-refractivity contribution in [3.05, 3.63) is 28.2 Å². The van der Waals surface area contributed by atoms with E-state index in [0.717, 1.165) is 34.6 Å². The number of nitrogens with one attached hydrogen (secondary N) is 1. The zero-order chi connectivity index (χ0) is 13.2. The SMILES string of the molecule is Cl.O=C(Cc1nc2cc(Cl)ccc2s1)[C@@H]1CCCCN1. The van der Waals surface area contributed by atoms with E-state index in [0.29, 0.717) is 11.4 Å². The minimum atomic E-state index is 0. The Labute approximate surface area is 133 Å². The Hall–Kier alpha value is -0.680. The molecule has 1 N–H and O–H groups in total. The van der Waals surface area contributed by atoms with E-state index in [4.69, 9.17) is 11.6 Å². The Morgan fingerprint density at radius 1 is 1.45 bits per heavy atom. The van der Waals surface area contributed by atoms with E-state index in [1.165, 1.54) is 6.42 Å². The van der Waals surface area contributed by atoms with Gasteiger partial charge in [0, 0.05) is 5.02 Å². The summed E-state index contributed by atoms with van der Waals surface area (Å²) in [5.41, 5.74) is 0.886. The lowest BCUT2D eigenvalue weighted by Gasteiger charge is -2.21. The number of halogens is 2. The van der Waals surface area contributed by atoms with Crippen molar-refractivity contribution in [2.24, 2.45) is 0 Å². The van der Waals surface area contributed by atoms with Gasteiger partial charge < -0.3 is 5.32 Å². The maximum Gasteiger partial charge on any atom is 0.156 e. The molecule has 20 heavy (non-hydrogen) atoms. The van der Waals surface area contributed by atoms with E-state index < -0.39 is 0 Å². The van der Waals surface area contributed by atoms with Gasteiger partial charge in [0.1, 0.15) is 5.01 Å². The maximum atomic E-state index is 12.2. The maximum absolute atomic E-state index is 12.2. The molecule has 0 amide bonds. The Morgan fingerprint density at radius 3 is 3.05 bits per heavy atom. The molecule has 3 nitrogen and oxygen atoms in total. The summed E-state index contributed by atoms with van der Waals surface area (Å²) in [6, 6.07) is 5.68. The number of carbonyl (C=O) groups is 1. The number of piperidine rings is 1. The molecular weight excluding hydrogens is 315 g/mol. The molecule has 0 spiro atoms. The summed E-state index contributed by atoms with van der Waals surface area (Å²) in [4.78, 5) is 16.7. The summed E-state index contributed by atoms with van der Waals surface area (Å²) in [6.45, 7) is 0.950. The number of benzene rings is 1. The van der Waals surface area contributed by atoms with Gasteiger partial charge in [-0.2, -0.15) is 0 Å². The van der Waals surface area contributed by atoms with E-state index in [1.54, 1.807) is 11.3 Å². The van der Waals surface area contributed by atoms with Crippen LogP contribution in [0.25, 0.3) is 10.2 Å². The first-order valence-corrected chi connectivity index (χ1v) is 7.73. The highest BCUT2D eigenvalue weighted by molar-refractivity contribution is 7.18. The number of nitrogens with zero attached hydrogens (tertiary/aromatic N) is 1. The van der Waals surface area contributed by atoms with Crippen LogP contribution in [0.2, 0.25) is 5.02 Å². The molecule has 6 heteroatoms. The average molecular weight is 331 g/mol. The van der Waals surface area contributed by atoms with Crippen LogP contribution < -0.4 is 5.32 Å². The lowest BCUT2D eigenvalue weighted by atomic mass is 10.00. The molecule has 0 unspecified atom stereocenters. The fourth-order valence-corrected chi connectivity index (χ4v) is 3.55. The van der Waals surface area contributed by atoms with Crippen molar-refractivity contribution in [1.82, 2.24) is 10.3 Å². The smallest absolute Gasteiger partial charge is 0.156 e. The van der Waals surface area contributed by atoms with E-state index in [2.05, 4.69) is 10.3 Å². The second-order valence-electron chi connectivity index (χ2n) is 4.87. The summed E-state index contributed by atoms with van der Waals surface area (Å²) in [6.07, 6.45) is 3.69. The zero-order valence-electron chi connectivity index (χ0n) is 10.9. The van der Waals surface area contributed by atoms with Gasteiger partial charge in [0.05, 0.1) is 22.7 Å². The molecule has 3 rings (SSSR count). The van der Waals surface area contributed by atoms with Crippen LogP contribution in [0, 0.1) is 0 Å². The minimum absolute atomic E-state index is 0. The van der Waals surface area contributed by atoms with Crippen LogP contribution in [0.1, 0.15) is 24.3 Å². The predicted molar refractivity (Wildman–Crippen MR) is 86.2 cm³/mol. The molecule has 1 saturated heterocycles. The lowest BCUT2D eigenvalue weighted by Crippen LogP contribution is -2.41. The summed E-state index contributed by atoms with van der Waals surface area (Å²) in [5, 5.41) is 4.86. The molecule has 1 fully saturated rings. The molecule has 1 aliphatic rings. The first-order valence-electron chi connectivity index (χ1n) is 6.53. The van der Waals surface area contributed by atoms with Crippen LogP contribution in [0.5, 0.6) is 0 Å². The van der Waals surface area contributed by atoms with Gasteiger partial charge >= 0.3 is 0 Å². The zero-order valence-corrected chi connectivity index (χ0v) is 13.3. The molecule has 1 aromatic heterocycles. The number of aromatic nitrogens is 1. The Balaban J connectivity index is 0.00000147. The van der Waals surface area contributed by atoms with Crippen molar-refractivity contribution >= 4 is 51.3 Å². The molecule has 0 bridgehead atoms. The predicted octanol–water partition coefficient (Wildman–Crippen LogP) is 3.63. The molecule has 0 radical (unpaired) electrons. The Bertz CT molecular complexity index is 608. The van der Waals surface area contributed by atoms with Gasteiger partial charge in [0.15, 0.2) is 5.78 Å². The second-order valence-corrected chi connectivity index (χ2v) is 6.42. The van der Waals surface area contributed by atoms with Crippen molar-refractivity contribution in [2.75, 3.05) is 6.54 Å². The third kappa shape index (κ3) is 3.50. The molecule has 108 valence electrons. The normalized spacial score (nSPS) is 18.8. The van der Waals surface area contributed by atoms with Gasteiger partial charge in [-0.1, -0.05) is 18.0 Å². The molecule has 1 aliphatic heterocycles. The van der Waals surface area contributed by atoms with Crippen molar-refractivity contribution < 1.29 is 4.79 Å². The van der Waals surface area contributed by atoms with Crippen molar-refractivity contribution in [2.45, 2.75) is 31.7 Å². The van der Waals surface area contributed by atoms with Crippen molar-refractivity contribution in [3.8, 4) is 0 Å². The number of rotatable bonds is 3. The third-order valence-corrected chi connectivity index (χ3v) is 4.69. The number of ketones is 1. The van der Waals surface area contributed by atoms with Crippen molar-refractivity contribution in [3.63, 3.8) is 0 Å². The number of Topliss-reactive ketones (excluding diaryl/α,β-unsaturated/α-hetero) is 1. The van der Waals surface area contributed by atoms with Crippen LogP contribution in [0.3, 0.4) is 0 Å². The highest BCUT2D eigenvalue weighted by Gasteiger charge is 2.21. The quantitative estimate of drug-likeness (QED) is 0.934. The molecule has 0 aliphatic carbocycles. The van der Waals surface area contributed by atoms with Crippen LogP contribution >= 0.6 is 35.3 Å². The number of carbonyl (C=O) groups excluding carboxylic acids is 1. The van der Waals surface area contributed by atoms with E-state index in [-0.39, 0.29) is 24.2 Å². The monoisotopic (exact) mass is 330 g/mol. The van der Waals surface area contributed by atoms with Gasteiger partial charge in [0.25, 0.3) is 0 Å². The van der Waals surface area contributed by atoms with Crippen LogP contribution in [-0.2, 0) is 11.2 Å². The largest absolute Gasteiger partial charge is 0.307 e. The third-order valence-electron chi connectivity index (χ3n) is 3.42. The van der Waals surface area contributed by atoms with Crippen LogP contribution in [0.15, 0.2) is 18.2 Å². The topological polar surface area (TPSA) is 42.0 Å². The van der Waals surface area contributed by atoms with E-state index in [1.807, 2.05) is 18.2 Å². The number of hydrogen-bond donors (Lipinski definition) is 1. The fourth-order valence-electron chi connectivity index (χ4n) is 2.42. The highest BCUT2D eigenvalue weighted by Crippen LogP contribution is 2.25.